The van der Waals surface area contributed by atoms with E-state index >= 15 is 0 Å². The van der Waals surface area contributed by atoms with E-state index in [1.54, 1.807) is 56.5 Å². The third kappa shape index (κ3) is 3.89. The Balaban J connectivity index is 2.04. The smallest absolute Gasteiger partial charge is 0.278 e. The molecule has 0 radical (unpaired) electrons. The summed E-state index contributed by atoms with van der Waals surface area (Å²) in [5.74, 6) is 1.04. The molecule has 2 amide bonds. The molecule has 7 nitrogen and oxygen atoms in total. The molecule has 2 aromatic rings. The number of hydrogen-bond donors (Lipinski definition) is 1. The van der Waals surface area contributed by atoms with Crippen molar-refractivity contribution >= 4 is 23.1 Å². The molecule has 0 bridgehead atoms. The van der Waals surface area contributed by atoms with E-state index in [1.807, 2.05) is 6.92 Å². The minimum absolute atomic E-state index is 0.230. The Kier molecular flexibility index (Phi) is 6.07. The van der Waals surface area contributed by atoms with Crippen LogP contribution >= 0.6 is 0 Å². The number of likely N-dealkylation sites (N-methyl/N-ethyl adjacent to an activating group) is 1. The van der Waals surface area contributed by atoms with Gasteiger partial charge in [-0.25, -0.2) is 0 Å². The van der Waals surface area contributed by atoms with Gasteiger partial charge in [0.1, 0.15) is 11.4 Å². The molecule has 0 atom stereocenters. The molecule has 29 heavy (non-hydrogen) atoms. The largest absolute Gasteiger partial charge is 0.494 e. The lowest BCUT2D eigenvalue weighted by Crippen LogP contribution is -2.32. The first kappa shape index (κ1) is 20.3. The molecule has 1 heterocycles. The first-order valence-electron chi connectivity index (χ1n) is 9.36. The summed E-state index contributed by atoms with van der Waals surface area (Å²) in [6.07, 6.45) is 0. The number of benzene rings is 2. The van der Waals surface area contributed by atoms with E-state index in [1.165, 1.54) is 12.0 Å². The second-order valence-corrected chi connectivity index (χ2v) is 6.26. The molecule has 0 unspecified atom stereocenters. The molecule has 0 saturated heterocycles. The van der Waals surface area contributed by atoms with Crippen LogP contribution in [0, 0.1) is 0 Å². The van der Waals surface area contributed by atoms with E-state index in [9.17, 15) is 9.59 Å². The van der Waals surface area contributed by atoms with Gasteiger partial charge in [0, 0.05) is 12.2 Å². The van der Waals surface area contributed by atoms with Crippen molar-refractivity contribution in [3.05, 3.63) is 53.7 Å². The lowest BCUT2D eigenvalue weighted by molar-refractivity contribution is -0.136. The van der Waals surface area contributed by atoms with Crippen LogP contribution in [0.15, 0.2) is 48.2 Å². The number of amides is 2. The van der Waals surface area contributed by atoms with Crippen molar-refractivity contribution in [1.29, 1.82) is 0 Å². The van der Waals surface area contributed by atoms with Gasteiger partial charge in [0.05, 0.1) is 26.4 Å². The van der Waals surface area contributed by atoms with E-state index in [2.05, 4.69) is 5.32 Å². The van der Waals surface area contributed by atoms with Gasteiger partial charge in [-0.05, 0) is 55.8 Å². The molecule has 0 spiro atoms. The standard InChI is InChI=1S/C22H24N2O5/c1-5-24-21(25)19(14-7-12-17(27-3)18(13-14)28-4)20(22(24)26)23-15-8-10-16(11-9-15)29-6-2/h7-13,23H,5-6H2,1-4H3. The molecule has 152 valence electrons. The van der Waals surface area contributed by atoms with Crippen molar-refractivity contribution in [2.45, 2.75) is 13.8 Å². The highest BCUT2D eigenvalue weighted by Crippen LogP contribution is 2.35. The van der Waals surface area contributed by atoms with Gasteiger partial charge in [-0.1, -0.05) is 6.07 Å². The van der Waals surface area contributed by atoms with Crippen molar-refractivity contribution < 1.29 is 23.8 Å². The number of carbonyl (C=O) groups excluding carboxylic acids is 2. The van der Waals surface area contributed by atoms with Gasteiger partial charge >= 0.3 is 0 Å². The molecule has 0 aromatic heterocycles. The summed E-state index contributed by atoms with van der Waals surface area (Å²) in [5.41, 5.74) is 1.78. The van der Waals surface area contributed by atoms with Gasteiger partial charge in [0.15, 0.2) is 11.5 Å². The number of nitrogens with zero attached hydrogens (tertiary/aromatic N) is 1. The van der Waals surface area contributed by atoms with Crippen molar-refractivity contribution in [2.75, 3.05) is 32.7 Å². The van der Waals surface area contributed by atoms with Gasteiger partial charge < -0.3 is 19.5 Å². The lowest BCUT2D eigenvalue weighted by Gasteiger charge is -2.12. The number of carbonyl (C=O) groups is 2. The van der Waals surface area contributed by atoms with Crippen molar-refractivity contribution in [3.63, 3.8) is 0 Å². The monoisotopic (exact) mass is 396 g/mol. The highest BCUT2D eigenvalue weighted by molar-refractivity contribution is 6.36. The Labute approximate surface area is 169 Å². The van der Waals surface area contributed by atoms with Crippen molar-refractivity contribution in [1.82, 2.24) is 4.90 Å². The minimum atomic E-state index is -0.365. The van der Waals surface area contributed by atoms with Gasteiger partial charge in [0.2, 0.25) is 0 Å². The average Bonchev–Trinajstić information content (AvgIpc) is 2.98. The van der Waals surface area contributed by atoms with Crippen molar-refractivity contribution in [3.8, 4) is 17.2 Å². The Morgan fingerprint density at radius 1 is 0.897 bits per heavy atom. The van der Waals surface area contributed by atoms with E-state index in [4.69, 9.17) is 14.2 Å². The molecule has 1 aliphatic rings. The molecule has 0 fully saturated rings. The highest BCUT2D eigenvalue weighted by Gasteiger charge is 2.38. The summed E-state index contributed by atoms with van der Waals surface area (Å²) < 4.78 is 16.1. The van der Waals surface area contributed by atoms with Gasteiger partial charge in [0.25, 0.3) is 11.8 Å². The minimum Gasteiger partial charge on any atom is -0.494 e. The van der Waals surface area contributed by atoms with Crippen LogP contribution in [0.3, 0.4) is 0 Å². The summed E-state index contributed by atoms with van der Waals surface area (Å²) >= 11 is 0. The Hall–Kier alpha value is -3.48. The first-order valence-corrected chi connectivity index (χ1v) is 9.36. The van der Waals surface area contributed by atoms with Crippen LogP contribution < -0.4 is 19.5 Å². The molecule has 1 aliphatic heterocycles. The summed E-state index contributed by atoms with van der Waals surface area (Å²) in [7, 11) is 3.06. The SMILES string of the molecule is CCOc1ccc(NC2=C(c3ccc(OC)c(OC)c3)C(=O)N(CC)C2=O)cc1. The normalized spacial score (nSPS) is 13.7. The number of rotatable bonds is 8. The number of anilines is 1. The molecule has 7 heteroatoms. The second-order valence-electron chi connectivity index (χ2n) is 6.26. The molecule has 2 aromatic carbocycles. The maximum absolute atomic E-state index is 13.0. The van der Waals surface area contributed by atoms with Crippen LogP contribution in [-0.4, -0.2) is 44.1 Å². The second kappa shape index (κ2) is 8.68. The van der Waals surface area contributed by atoms with Crippen LogP contribution in [0.4, 0.5) is 5.69 Å². The molecule has 0 aliphatic carbocycles. The quantitative estimate of drug-likeness (QED) is 0.690. The van der Waals surface area contributed by atoms with Gasteiger partial charge in [-0.15, -0.1) is 0 Å². The molecule has 0 saturated carbocycles. The van der Waals surface area contributed by atoms with Gasteiger partial charge in [-0.2, -0.15) is 0 Å². The van der Waals surface area contributed by atoms with Crippen molar-refractivity contribution in [2.24, 2.45) is 0 Å². The Morgan fingerprint density at radius 3 is 2.17 bits per heavy atom. The lowest BCUT2D eigenvalue weighted by atomic mass is 10.0. The topological polar surface area (TPSA) is 77.1 Å². The van der Waals surface area contributed by atoms with Crippen LogP contribution in [0.1, 0.15) is 19.4 Å². The summed E-state index contributed by atoms with van der Waals surface area (Å²) in [6, 6.07) is 12.4. The molecule has 3 rings (SSSR count). The number of methoxy groups -OCH3 is 2. The molecular formula is C22H24N2O5. The molecular weight excluding hydrogens is 372 g/mol. The Bertz CT molecular complexity index is 950. The number of hydrogen-bond acceptors (Lipinski definition) is 6. The molecule has 1 N–H and O–H groups in total. The number of imide groups is 1. The van der Waals surface area contributed by atoms with Gasteiger partial charge in [-0.3, -0.25) is 14.5 Å². The summed E-state index contributed by atoms with van der Waals surface area (Å²) in [4.78, 5) is 27.1. The van der Waals surface area contributed by atoms with Crippen LogP contribution in [0.25, 0.3) is 5.57 Å². The van der Waals surface area contributed by atoms with E-state index in [0.717, 1.165) is 5.75 Å². The maximum Gasteiger partial charge on any atom is 0.278 e. The maximum atomic E-state index is 13.0. The van der Waals surface area contributed by atoms with E-state index < -0.39 is 0 Å². The summed E-state index contributed by atoms with van der Waals surface area (Å²) in [5, 5.41) is 3.11. The third-order valence-electron chi connectivity index (χ3n) is 4.59. The van der Waals surface area contributed by atoms with Crippen LogP contribution in [0.2, 0.25) is 0 Å². The summed E-state index contributed by atoms with van der Waals surface area (Å²) in [6.45, 7) is 4.53. The zero-order valence-corrected chi connectivity index (χ0v) is 16.9. The fourth-order valence-electron chi connectivity index (χ4n) is 3.18. The van der Waals surface area contributed by atoms with E-state index in [0.29, 0.717) is 34.9 Å². The highest BCUT2D eigenvalue weighted by atomic mass is 16.5. The Morgan fingerprint density at radius 2 is 1.59 bits per heavy atom. The fourth-order valence-corrected chi connectivity index (χ4v) is 3.18. The predicted molar refractivity (Wildman–Crippen MR) is 110 cm³/mol. The van der Waals surface area contributed by atoms with Crippen LogP contribution in [-0.2, 0) is 9.59 Å². The zero-order valence-electron chi connectivity index (χ0n) is 16.9. The number of ether oxygens (including phenoxy) is 3. The third-order valence-corrected chi connectivity index (χ3v) is 4.59. The number of nitrogens with one attached hydrogen (secondary N) is 1. The van der Waals surface area contributed by atoms with E-state index in [-0.39, 0.29) is 24.1 Å². The predicted octanol–water partition coefficient (Wildman–Crippen LogP) is 3.31. The zero-order chi connectivity index (χ0) is 21.0. The fraction of sp³-hybridized carbons (Fsp3) is 0.273. The van der Waals surface area contributed by atoms with Crippen LogP contribution in [0.5, 0.6) is 17.2 Å². The first-order chi connectivity index (χ1) is 14.0. The average molecular weight is 396 g/mol.